The van der Waals surface area contributed by atoms with Gasteiger partial charge in [-0.25, -0.2) is 4.79 Å². The van der Waals surface area contributed by atoms with Gasteiger partial charge < -0.3 is 9.47 Å². The molecule has 4 rings (SSSR count). The van der Waals surface area contributed by atoms with Crippen molar-refractivity contribution in [2.45, 2.75) is 57.3 Å². The lowest BCUT2D eigenvalue weighted by atomic mass is 9.49. The SMILES string of the molecule is CCCOC(=O)C(S)OC(=O)C12CC3CC(CC(C3)C1)C2. The minimum Gasteiger partial charge on any atom is -0.462 e. The van der Waals surface area contributed by atoms with Gasteiger partial charge in [-0.15, -0.1) is 12.6 Å². The maximum Gasteiger partial charge on any atom is 0.357 e. The van der Waals surface area contributed by atoms with Gasteiger partial charge in [0.2, 0.25) is 5.44 Å². The van der Waals surface area contributed by atoms with Gasteiger partial charge in [0.25, 0.3) is 0 Å². The number of carbonyl (C=O) groups excluding carboxylic acids is 2. The Morgan fingerprint density at radius 3 is 2.14 bits per heavy atom. The van der Waals surface area contributed by atoms with Crippen LogP contribution in [0.3, 0.4) is 0 Å². The van der Waals surface area contributed by atoms with Crippen LogP contribution >= 0.6 is 12.6 Å². The summed E-state index contributed by atoms with van der Waals surface area (Å²) in [4.78, 5) is 24.3. The first kappa shape index (κ1) is 15.2. The average Bonchev–Trinajstić information content (AvgIpc) is 2.43. The van der Waals surface area contributed by atoms with Crippen molar-refractivity contribution in [2.24, 2.45) is 23.2 Å². The summed E-state index contributed by atoms with van der Waals surface area (Å²) in [5.41, 5.74) is -1.43. The molecule has 0 spiro atoms. The average molecular weight is 312 g/mol. The Kier molecular flexibility index (Phi) is 4.21. The standard InChI is InChI=1S/C16H24O4S/c1-2-3-19-13(17)14(21)20-15(18)16-7-10-4-11(8-16)6-12(5-10)9-16/h10-12,14,21H,2-9H2,1H3. The summed E-state index contributed by atoms with van der Waals surface area (Å²) in [5, 5.41) is 0. The maximum absolute atomic E-state index is 12.6. The third kappa shape index (κ3) is 2.94. The van der Waals surface area contributed by atoms with Crippen LogP contribution in [-0.2, 0) is 19.1 Å². The molecule has 4 aliphatic carbocycles. The Labute approximate surface area is 131 Å². The van der Waals surface area contributed by atoms with Crippen LogP contribution in [0.4, 0.5) is 0 Å². The van der Waals surface area contributed by atoms with Crippen molar-refractivity contribution >= 4 is 24.6 Å². The summed E-state index contributed by atoms with van der Waals surface area (Å²) >= 11 is 4.09. The number of hydrogen-bond acceptors (Lipinski definition) is 5. The van der Waals surface area contributed by atoms with Crippen LogP contribution in [0, 0.1) is 23.2 Å². The molecule has 0 amide bonds. The van der Waals surface area contributed by atoms with Crippen LogP contribution in [0.25, 0.3) is 0 Å². The summed E-state index contributed by atoms with van der Waals surface area (Å²) in [7, 11) is 0. The molecule has 4 bridgehead atoms. The van der Waals surface area contributed by atoms with Crippen molar-refractivity contribution in [2.75, 3.05) is 6.61 Å². The Hall–Kier alpha value is -0.710. The molecule has 0 saturated heterocycles. The fourth-order valence-electron chi connectivity index (χ4n) is 4.91. The van der Waals surface area contributed by atoms with Crippen LogP contribution in [0.15, 0.2) is 0 Å². The van der Waals surface area contributed by atoms with Gasteiger partial charge in [0, 0.05) is 0 Å². The van der Waals surface area contributed by atoms with Crippen molar-refractivity contribution < 1.29 is 19.1 Å². The molecule has 4 aliphatic rings. The summed E-state index contributed by atoms with van der Waals surface area (Å²) in [6, 6.07) is 0. The van der Waals surface area contributed by atoms with E-state index in [4.69, 9.17) is 9.47 Å². The first-order chi connectivity index (χ1) is 10.0. The van der Waals surface area contributed by atoms with Crippen molar-refractivity contribution in [3.8, 4) is 0 Å². The Morgan fingerprint density at radius 1 is 1.14 bits per heavy atom. The Morgan fingerprint density at radius 2 is 1.67 bits per heavy atom. The molecule has 1 unspecified atom stereocenters. The van der Waals surface area contributed by atoms with Gasteiger partial charge in [0.1, 0.15) is 0 Å². The fraction of sp³-hybridized carbons (Fsp3) is 0.875. The second-order valence-corrected chi connectivity index (χ2v) is 7.59. The molecule has 4 fully saturated rings. The normalized spacial score (nSPS) is 38.1. The van der Waals surface area contributed by atoms with Gasteiger partial charge in [0.05, 0.1) is 12.0 Å². The molecule has 0 aromatic heterocycles. The summed E-state index contributed by atoms with van der Waals surface area (Å²) in [5.74, 6) is 1.24. The quantitative estimate of drug-likeness (QED) is 0.482. The number of carbonyl (C=O) groups is 2. The molecule has 0 aromatic rings. The van der Waals surface area contributed by atoms with E-state index in [-0.39, 0.29) is 11.4 Å². The molecule has 118 valence electrons. The molecule has 0 heterocycles. The van der Waals surface area contributed by atoms with Gasteiger partial charge in [-0.2, -0.15) is 0 Å². The molecule has 0 aliphatic heterocycles. The monoisotopic (exact) mass is 312 g/mol. The van der Waals surface area contributed by atoms with E-state index in [1.54, 1.807) is 0 Å². The van der Waals surface area contributed by atoms with E-state index in [1.807, 2.05) is 6.92 Å². The molecule has 4 saturated carbocycles. The maximum atomic E-state index is 12.6. The van der Waals surface area contributed by atoms with Crippen LogP contribution in [0.2, 0.25) is 0 Å². The topological polar surface area (TPSA) is 52.6 Å². The van der Waals surface area contributed by atoms with Crippen molar-refractivity contribution in [3.05, 3.63) is 0 Å². The van der Waals surface area contributed by atoms with Gasteiger partial charge in [-0.05, 0) is 62.7 Å². The van der Waals surface area contributed by atoms with E-state index in [1.165, 1.54) is 19.3 Å². The fourth-order valence-corrected chi connectivity index (χ4v) is 5.08. The summed E-state index contributed by atoms with van der Waals surface area (Å²) < 4.78 is 10.3. The Balaban J connectivity index is 1.61. The molecule has 0 N–H and O–H groups in total. The highest BCUT2D eigenvalue weighted by molar-refractivity contribution is 7.81. The summed E-state index contributed by atoms with van der Waals surface area (Å²) in [6.45, 7) is 2.26. The zero-order valence-corrected chi connectivity index (χ0v) is 13.4. The predicted octanol–water partition coefficient (Wildman–Crippen LogP) is 2.96. The third-order valence-corrected chi connectivity index (χ3v) is 5.66. The first-order valence-electron chi connectivity index (χ1n) is 8.08. The highest BCUT2D eigenvalue weighted by Gasteiger charge is 2.55. The number of hydrogen-bond donors (Lipinski definition) is 1. The number of rotatable bonds is 5. The number of esters is 2. The van der Waals surface area contributed by atoms with E-state index in [9.17, 15) is 9.59 Å². The largest absolute Gasteiger partial charge is 0.462 e. The van der Waals surface area contributed by atoms with E-state index >= 15 is 0 Å². The minimum absolute atomic E-state index is 0.227. The molecule has 0 radical (unpaired) electrons. The molecule has 0 aromatic carbocycles. The van der Waals surface area contributed by atoms with Crippen molar-refractivity contribution in [1.82, 2.24) is 0 Å². The van der Waals surface area contributed by atoms with Gasteiger partial charge in [0.15, 0.2) is 0 Å². The van der Waals surface area contributed by atoms with E-state index in [2.05, 4.69) is 12.6 Å². The van der Waals surface area contributed by atoms with Gasteiger partial charge in [-0.1, -0.05) is 6.92 Å². The lowest BCUT2D eigenvalue weighted by Gasteiger charge is -2.55. The second-order valence-electron chi connectivity index (χ2n) is 7.12. The lowest BCUT2D eigenvalue weighted by molar-refractivity contribution is -0.179. The van der Waals surface area contributed by atoms with Crippen molar-refractivity contribution in [1.29, 1.82) is 0 Å². The van der Waals surface area contributed by atoms with Crippen LogP contribution in [-0.4, -0.2) is 24.0 Å². The van der Waals surface area contributed by atoms with E-state index in [0.717, 1.165) is 25.7 Å². The van der Waals surface area contributed by atoms with Gasteiger partial charge >= 0.3 is 11.9 Å². The smallest absolute Gasteiger partial charge is 0.357 e. The predicted molar refractivity (Wildman–Crippen MR) is 80.7 cm³/mol. The minimum atomic E-state index is -1.09. The lowest BCUT2D eigenvalue weighted by Crippen LogP contribution is -2.51. The van der Waals surface area contributed by atoms with Crippen molar-refractivity contribution in [3.63, 3.8) is 0 Å². The zero-order valence-electron chi connectivity index (χ0n) is 12.5. The van der Waals surface area contributed by atoms with Gasteiger partial charge in [-0.3, -0.25) is 4.79 Å². The van der Waals surface area contributed by atoms with E-state index < -0.39 is 11.4 Å². The molecular weight excluding hydrogens is 288 g/mol. The molecule has 5 heteroatoms. The number of ether oxygens (including phenoxy) is 2. The highest BCUT2D eigenvalue weighted by atomic mass is 32.1. The molecule has 1 atom stereocenters. The van der Waals surface area contributed by atoms with Crippen LogP contribution in [0.1, 0.15) is 51.9 Å². The van der Waals surface area contributed by atoms with Crippen LogP contribution < -0.4 is 0 Å². The molecule has 21 heavy (non-hydrogen) atoms. The second kappa shape index (κ2) is 5.82. The van der Waals surface area contributed by atoms with Crippen LogP contribution in [0.5, 0.6) is 0 Å². The number of thiol groups is 1. The molecular formula is C16H24O4S. The Bertz CT molecular complexity index is 399. The highest BCUT2D eigenvalue weighted by Crippen LogP contribution is 2.60. The zero-order chi connectivity index (χ0) is 15.0. The van der Waals surface area contributed by atoms with E-state index in [0.29, 0.717) is 24.4 Å². The molecule has 4 nitrogen and oxygen atoms in total. The first-order valence-corrected chi connectivity index (χ1v) is 8.60. The summed E-state index contributed by atoms with van der Waals surface area (Å²) in [6.07, 6.45) is 7.36. The third-order valence-electron chi connectivity index (χ3n) is 5.34.